The molecule has 0 aliphatic heterocycles. The quantitative estimate of drug-likeness (QED) is 0.759. The van der Waals surface area contributed by atoms with Gasteiger partial charge in [-0.25, -0.2) is 4.68 Å². The molecular weight excluding hydrogens is 332 g/mol. The van der Waals surface area contributed by atoms with Crippen LogP contribution in [0.4, 0.5) is 0 Å². The number of nitrogens with zero attached hydrogens (tertiary/aromatic N) is 3. The molecule has 1 amide bonds. The lowest BCUT2D eigenvalue weighted by Crippen LogP contribution is -2.35. The van der Waals surface area contributed by atoms with Crippen LogP contribution in [0.5, 0.6) is 5.75 Å². The van der Waals surface area contributed by atoms with E-state index in [2.05, 4.69) is 15.6 Å². The third-order valence-electron chi connectivity index (χ3n) is 4.16. The van der Waals surface area contributed by atoms with E-state index in [1.807, 2.05) is 32.0 Å². The molecule has 1 aromatic heterocycles. The van der Waals surface area contributed by atoms with E-state index in [0.29, 0.717) is 16.7 Å². The summed E-state index contributed by atoms with van der Waals surface area (Å²) in [6, 6.07) is 12.4. The summed E-state index contributed by atoms with van der Waals surface area (Å²) in [6.45, 7) is 3.63. The summed E-state index contributed by atoms with van der Waals surface area (Å²) in [7, 11) is 1.59. The molecule has 1 atom stereocenters. The van der Waals surface area contributed by atoms with Crippen molar-refractivity contribution in [3.8, 4) is 5.75 Å². The summed E-state index contributed by atoms with van der Waals surface area (Å²) in [6.07, 6.45) is 0. The van der Waals surface area contributed by atoms with E-state index in [4.69, 9.17) is 4.74 Å². The molecule has 0 saturated carbocycles. The Hall–Kier alpha value is -3.22. The van der Waals surface area contributed by atoms with Crippen molar-refractivity contribution in [2.45, 2.75) is 26.4 Å². The number of methoxy groups -OCH3 is 1. The van der Waals surface area contributed by atoms with Crippen LogP contribution in [0.15, 0.2) is 47.3 Å². The molecule has 0 bridgehead atoms. The number of carbonyl (C=O) groups excluding carboxylic acids is 1. The molecule has 0 fully saturated rings. The molecule has 0 saturated heterocycles. The molecule has 1 N–H and O–H groups in total. The molecule has 7 heteroatoms. The molecule has 0 aliphatic carbocycles. The number of carbonyl (C=O) groups is 1. The van der Waals surface area contributed by atoms with Crippen LogP contribution in [-0.4, -0.2) is 28.0 Å². The maximum absolute atomic E-state index is 12.4. The Labute approximate surface area is 150 Å². The molecule has 0 radical (unpaired) electrons. The molecule has 134 valence electrons. The van der Waals surface area contributed by atoms with E-state index < -0.39 is 0 Å². The summed E-state index contributed by atoms with van der Waals surface area (Å²) >= 11 is 0. The first kappa shape index (κ1) is 17.6. The van der Waals surface area contributed by atoms with Gasteiger partial charge in [0.15, 0.2) is 0 Å². The lowest BCUT2D eigenvalue weighted by Gasteiger charge is -2.18. The standard InChI is InChI=1S/C19H20N4O3/c1-12-8-9-14(17(10-12)26-3)13(2)20-18(24)11-23-19(25)15-6-4-5-7-16(15)21-22-23/h4-10,13H,11H2,1-3H3,(H,20,24)/t13-/m0/s1. The zero-order valence-electron chi connectivity index (χ0n) is 14.9. The Bertz CT molecular complexity index is 1010. The highest BCUT2D eigenvalue weighted by Gasteiger charge is 2.16. The Morgan fingerprint density at radius 1 is 1.27 bits per heavy atom. The molecule has 3 aromatic rings. The molecule has 7 nitrogen and oxygen atoms in total. The maximum atomic E-state index is 12.4. The monoisotopic (exact) mass is 352 g/mol. The molecule has 2 aromatic carbocycles. The lowest BCUT2D eigenvalue weighted by atomic mass is 10.0. The summed E-state index contributed by atoms with van der Waals surface area (Å²) in [5.74, 6) is 0.382. The highest BCUT2D eigenvalue weighted by Crippen LogP contribution is 2.25. The van der Waals surface area contributed by atoms with Gasteiger partial charge in [-0.15, -0.1) is 5.10 Å². The highest BCUT2D eigenvalue weighted by atomic mass is 16.5. The van der Waals surface area contributed by atoms with Crippen LogP contribution in [0, 0.1) is 6.92 Å². The molecule has 3 rings (SSSR count). The van der Waals surface area contributed by atoms with Crippen LogP contribution in [0.3, 0.4) is 0 Å². The molecule has 0 unspecified atom stereocenters. The smallest absolute Gasteiger partial charge is 0.278 e. The minimum atomic E-state index is -0.341. The number of benzene rings is 2. The van der Waals surface area contributed by atoms with Crippen molar-refractivity contribution in [1.82, 2.24) is 20.3 Å². The second-order valence-corrected chi connectivity index (χ2v) is 6.10. The predicted octanol–water partition coefficient (Wildman–Crippen LogP) is 1.99. The minimum absolute atomic E-state index is 0.199. The van der Waals surface area contributed by atoms with Crippen LogP contribution in [-0.2, 0) is 11.3 Å². The van der Waals surface area contributed by atoms with E-state index in [-0.39, 0.29) is 24.1 Å². The SMILES string of the molecule is COc1cc(C)ccc1[C@H](C)NC(=O)Cn1nnc2ccccc2c1=O. The fourth-order valence-electron chi connectivity index (χ4n) is 2.80. The number of hydrogen-bond acceptors (Lipinski definition) is 5. The van der Waals surface area contributed by atoms with Crippen LogP contribution < -0.4 is 15.6 Å². The van der Waals surface area contributed by atoms with Gasteiger partial charge in [0, 0.05) is 5.56 Å². The van der Waals surface area contributed by atoms with Gasteiger partial charge in [0.2, 0.25) is 5.91 Å². The first-order chi connectivity index (χ1) is 12.5. The van der Waals surface area contributed by atoms with Crippen molar-refractivity contribution in [3.63, 3.8) is 0 Å². The predicted molar refractivity (Wildman–Crippen MR) is 98.1 cm³/mol. The van der Waals surface area contributed by atoms with Gasteiger partial charge in [0.25, 0.3) is 5.56 Å². The third-order valence-corrected chi connectivity index (χ3v) is 4.16. The van der Waals surface area contributed by atoms with Gasteiger partial charge in [-0.1, -0.05) is 29.5 Å². The van der Waals surface area contributed by atoms with Gasteiger partial charge >= 0.3 is 0 Å². The van der Waals surface area contributed by atoms with Crippen molar-refractivity contribution in [2.75, 3.05) is 7.11 Å². The second-order valence-electron chi connectivity index (χ2n) is 6.10. The molecule has 0 aliphatic rings. The average molecular weight is 352 g/mol. The van der Waals surface area contributed by atoms with E-state index in [0.717, 1.165) is 15.8 Å². The Morgan fingerprint density at radius 2 is 2.04 bits per heavy atom. The van der Waals surface area contributed by atoms with Gasteiger partial charge in [-0.2, -0.15) is 0 Å². The maximum Gasteiger partial charge on any atom is 0.278 e. The number of aryl methyl sites for hydroxylation is 1. The van der Waals surface area contributed by atoms with Crippen LogP contribution in [0.2, 0.25) is 0 Å². The number of rotatable bonds is 5. The van der Waals surface area contributed by atoms with Crippen molar-refractivity contribution in [3.05, 3.63) is 63.9 Å². The molecule has 1 heterocycles. The first-order valence-corrected chi connectivity index (χ1v) is 8.26. The lowest BCUT2D eigenvalue weighted by molar-refractivity contribution is -0.122. The second kappa shape index (κ2) is 7.35. The van der Waals surface area contributed by atoms with Gasteiger partial charge in [0.1, 0.15) is 17.8 Å². The Kier molecular flexibility index (Phi) is 4.97. The summed E-state index contributed by atoms with van der Waals surface area (Å²) in [5, 5.41) is 11.1. The fourth-order valence-corrected chi connectivity index (χ4v) is 2.80. The topological polar surface area (TPSA) is 86.1 Å². The van der Waals surface area contributed by atoms with E-state index in [1.54, 1.807) is 31.4 Å². The van der Waals surface area contributed by atoms with Gasteiger partial charge in [-0.3, -0.25) is 9.59 Å². The normalized spacial score (nSPS) is 12.0. The summed E-state index contributed by atoms with van der Waals surface area (Å²) in [4.78, 5) is 24.8. The summed E-state index contributed by atoms with van der Waals surface area (Å²) < 4.78 is 6.45. The van der Waals surface area contributed by atoms with E-state index >= 15 is 0 Å². The van der Waals surface area contributed by atoms with E-state index in [9.17, 15) is 9.59 Å². The number of fused-ring (bicyclic) bond motifs is 1. The molecular formula is C19H20N4O3. The number of amides is 1. The number of ether oxygens (including phenoxy) is 1. The number of nitrogens with one attached hydrogen (secondary N) is 1. The molecule has 26 heavy (non-hydrogen) atoms. The van der Waals surface area contributed by atoms with E-state index in [1.165, 1.54) is 0 Å². The zero-order chi connectivity index (χ0) is 18.7. The van der Waals surface area contributed by atoms with Crippen LogP contribution >= 0.6 is 0 Å². The Balaban J connectivity index is 1.77. The fraction of sp³-hybridized carbons (Fsp3) is 0.263. The van der Waals surface area contributed by atoms with Crippen molar-refractivity contribution < 1.29 is 9.53 Å². The third kappa shape index (κ3) is 3.56. The van der Waals surface area contributed by atoms with Gasteiger partial charge < -0.3 is 10.1 Å². The van der Waals surface area contributed by atoms with Gasteiger partial charge in [-0.05, 0) is 37.6 Å². The highest BCUT2D eigenvalue weighted by molar-refractivity contribution is 5.78. The van der Waals surface area contributed by atoms with Crippen LogP contribution in [0.25, 0.3) is 10.9 Å². The van der Waals surface area contributed by atoms with Crippen molar-refractivity contribution in [1.29, 1.82) is 0 Å². The van der Waals surface area contributed by atoms with Crippen molar-refractivity contribution >= 4 is 16.8 Å². The van der Waals surface area contributed by atoms with Gasteiger partial charge in [0.05, 0.1) is 18.5 Å². The zero-order valence-corrected chi connectivity index (χ0v) is 14.9. The number of hydrogen-bond donors (Lipinski definition) is 1. The first-order valence-electron chi connectivity index (χ1n) is 8.26. The molecule has 0 spiro atoms. The Morgan fingerprint density at radius 3 is 2.81 bits per heavy atom. The summed E-state index contributed by atoms with van der Waals surface area (Å²) in [5.41, 5.74) is 2.10. The largest absolute Gasteiger partial charge is 0.496 e. The minimum Gasteiger partial charge on any atom is -0.496 e. The van der Waals surface area contributed by atoms with Crippen LogP contribution in [0.1, 0.15) is 24.1 Å². The average Bonchev–Trinajstić information content (AvgIpc) is 2.64. The number of aromatic nitrogens is 3. The van der Waals surface area contributed by atoms with Crippen molar-refractivity contribution in [2.24, 2.45) is 0 Å².